The van der Waals surface area contributed by atoms with E-state index in [1.54, 1.807) is 18.3 Å². The van der Waals surface area contributed by atoms with E-state index >= 15 is 0 Å². The first kappa shape index (κ1) is 9.51. The van der Waals surface area contributed by atoms with Gasteiger partial charge in [0.1, 0.15) is 17.3 Å². The lowest BCUT2D eigenvalue weighted by Crippen LogP contribution is -2.04. The van der Waals surface area contributed by atoms with E-state index in [0.717, 1.165) is 11.5 Å². The fourth-order valence-corrected chi connectivity index (χ4v) is 1.24. The summed E-state index contributed by atoms with van der Waals surface area (Å²) >= 11 is 0. The number of hydrogen-bond donors (Lipinski definition) is 2. The van der Waals surface area contributed by atoms with Gasteiger partial charge in [0.25, 0.3) is 0 Å². The van der Waals surface area contributed by atoms with Gasteiger partial charge in [0.2, 0.25) is 0 Å². The second-order valence-electron chi connectivity index (χ2n) is 3.22. The fraction of sp³-hybridized carbons (Fsp3) is 0.200. The van der Waals surface area contributed by atoms with Gasteiger partial charge in [-0.2, -0.15) is 0 Å². The molecule has 5 heteroatoms. The predicted molar refractivity (Wildman–Crippen MR) is 57.2 cm³/mol. The van der Waals surface area contributed by atoms with Crippen LogP contribution >= 0.6 is 0 Å². The molecule has 2 rings (SSSR count). The summed E-state index contributed by atoms with van der Waals surface area (Å²) in [6.45, 7) is 2.41. The van der Waals surface area contributed by atoms with Crippen molar-refractivity contribution in [1.82, 2.24) is 10.1 Å². The Hall–Kier alpha value is -2.04. The molecule has 0 atom stereocenters. The third kappa shape index (κ3) is 2.25. The minimum Gasteiger partial charge on any atom is -0.396 e. The lowest BCUT2D eigenvalue weighted by Gasteiger charge is -2.04. The van der Waals surface area contributed by atoms with Gasteiger partial charge in [-0.3, -0.25) is 0 Å². The zero-order valence-corrected chi connectivity index (χ0v) is 8.40. The smallest absolute Gasteiger partial charge is 0.149 e. The van der Waals surface area contributed by atoms with E-state index in [0.29, 0.717) is 18.1 Å². The van der Waals surface area contributed by atoms with Gasteiger partial charge in [0.05, 0.1) is 12.2 Å². The lowest BCUT2D eigenvalue weighted by atomic mass is 10.3. The van der Waals surface area contributed by atoms with Gasteiger partial charge in [0, 0.05) is 12.3 Å². The van der Waals surface area contributed by atoms with E-state index in [2.05, 4.69) is 15.5 Å². The normalized spacial score (nSPS) is 10.2. The standard InChI is InChI=1S/C10H12N4O/c1-7-5-8(14-15-7)6-13-10-9(11)3-2-4-12-10/h2-5H,6,11H2,1H3,(H,12,13). The number of nitrogen functional groups attached to an aromatic ring is 1. The van der Waals surface area contributed by atoms with Crippen LogP contribution in [0, 0.1) is 6.92 Å². The van der Waals surface area contributed by atoms with Crippen LogP contribution in [0.2, 0.25) is 0 Å². The summed E-state index contributed by atoms with van der Waals surface area (Å²) in [5.41, 5.74) is 7.18. The van der Waals surface area contributed by atoms with Crippen molar-refractivity contribution in [2.45, 2.75) is 13.5 Å². The van der Waals surface area contributed by atoms with Crippen LogP contribution in [0.5, 0.6) is 0 Å². The van der Waals surface area contributed by atoms with Gasteiger partial charge in [0.15, 0.2) is 0 Å². The summed E-state index contributed by atoms with van der Waals surface area (Å²) < 4.78 is 4.94. The van der Waals surface area contributed by atoms with Gasteiger partial charge in [-0.1, -0.05) is 5.16 Å². The Kier molecular flexibility index (Phi) is 2.53. The molecule has 0 bridgehead atoms. The van der Waals surface area contributed by atoms with Crippen LogP contribution in [0.25, 0.3) is 0 Å². The molecule has 0 radical (unpaired) electrons. The third-order valence-corrected chi connectivity index (χ3v) is 1.95. The van der Waals surface area contributed by atoms with E-state index in [1.807, 2.05) is 13.0 Å². The molecule has 0 aromatic carbocycles. The molecule has 0 saturated carbocycles. The van der Waals surface area contributed by atoms with Gasteiger partial charge in [-0.15, -0.1) is 0 Å². The molecule has 78 valence electrons. The number of hydrogen-bond acceptors (Lipinski definition) is 5. The Morgan fingerprint density at radius 3 is 3.07 bits per heavy atom. The van der Waals surface area contributed by atoms with Crippen molar-refractivity contribution >= 4 is 11.5 Å². The van der Waals surface area contributed by atoms with Gasteiger partial charge in [-0.05, 0) is 19.1 Å². The summed E-state index contributed by atoms with van der Waals surface area (Å²) in [7, 11) is 0. The minimum absolute atomic E-state index is 0.554. The molecule has 0 spiro atoms. The average molecular weight is 204 g/mol. The van der Waals surface area contributed by atoms with E-state index < -0.39 is 0 Å². The van der Waals surface area contributed by atoms with Crippen molar-refractivity contribution in [2.24, 2.45) is 0 Å². The summed E-state index contributed by atoms with van der Waals surface area (Å²) in [5, 5.41) is 6.94. The molecule has 0 aliphatic heterocycles. The van der Waals surface area contributed by atoms with E-state index in [9.17, 15) is 0 Å². The number of aromatic nitrogens is 2. The van der Waals surface area contributed by atoms with Crippen LogP contribution < -0.4 is 11.1 Å². The molecular formula is C10H12N4O. The Morgan fingerprint density at radius 1 is 1.53 bits per heavy atom. The molecule has 15 heavy (non-hydrogen) atoms. The highest BCUT2D eigenvalue weighted by Gasteiger charge is 2.02. The fourth-order valence-electron chi connectivity index (χ4n) is 1.24. The zero-order valence-electron chi connectivity index (χ0n) is 8.40. The number of nitrogens with zero attached hydrogens (tertiary/aromatic N) is 2. The molecule has 0 fully saturated rings. The number of nitrogens with two attached hydrogens (primary N) is 1. The summed E-state index contributed by atoms with van der Waals surface area (Å²) in [4.78, 5) is 4.11. The summed E-state index contributed by atoms with van der Waals surface area (Å²) in [6, 6.07) is 5.45. The number of pyridine rings is 1. The quantitative estimate of drug-likeness (QED) is 0.793. The van der Waals surface area contributed by atoms with Crippen LogP contribution in [0.1, 0.15) is 11.5 Å². The van der Waals surface area contributed by atoms with Crippen molar-refractivity contribution < 1.29 is 4.52 Å². The highest BCUT2D eigenvalue weighted by molar-refractivity contribution is 5.60. The average Bonchev–Trinajstić information content (AvgIpc) is 2.63. The maximum Gasteiger partial charge on any atom is 0.149 e. The Bertz CT molecular complexity index is 452. The molecule has 2 aromatic heterocycles. The van der Waals surface area contributed by atoms with Crippen molar-refractivity contribution in [1.29, 1.82) is 0 Å². The maximum absolute atomic E-state index is 5.72. The molecule has 0 aliphatic rings. The van der Waals surface area contributed by atoms with Crippen LogP contribution in [-0.2, 0) is 6.54 Å². The number of aryl methyl sites for hydroxylation is 1. The Balaban J connectivity index is 2.02. The number of anilines is 2. The van der Waals surface area contributed by atoms with E-state index in [-0.39, 0.29) is 0 Å². The predicted octanol–water partition coefficient (Wildman–Crippen LogP) is 1.57. The Morgan fingerprint density at radius 2 is 2.40 bits per heavy atom. The van der Waals surface area contributed by atoms with Gasteiger partial charge in [-0.25, -0.2) is 4.98 Å². The molecule has 0 unspecified atom stereocenters. The molecule has 0 saturated heterocycles. The van der Waals surface area contributed by atoms with Crippen LogP contribution in [0.3, 0.4) is 0 Å². The lowest BCUT2D eigenvalue weighted by molar-refractivity contribution is 0.391. The first-order chi connectivity index (χ1) is 7.25. The van der Waals surface area contributed by atoms with E-state index in [4.69, 9.17) is 10.3 Å². The van der Waals surface area contributed by atoms with E-state index in [1.165, 1.54) is 0 Å². The van der Waals surface area contributed by atoms with Gasteiger partial charge < -0.3 is 15.6 Å². The number of nitrogens with one attached hydrogen (secondary N) is 1. The van der Waals surface area contributed by atoms with Crippen molar-refractivity contribution in [3.63, 3.8) is 0 Å². The molecular weight excluding hydrogens is 192 g/mol. The molecule has 3 N–H and O–H groups in total. The molecule has 0 amide bonds. The summed E-state index contributed by atoms with van der Waals surface area (Å²) in [6.07, 6.45) is 1.69. The highest BCUT2D eigenvalue weighted by Crippen LogP contribution is 2.14. The SMILES string of the molecule is Cc1cc(CNc2ncccc2N)no1. The second-order valence-corrected chi connectivity index (χ2v) is 3.22. The third-order valence-electron chi connectivity index (χ3n) is 1.95. The second kappa shape index (κ2) is 4.00. The Labute approximate surface area is 87.3 Å². The summed E-state index contributed by atoms with van der Waals surface area (Å²) in [5.74, 6) is 1.46. The van der Waals surface area contributed by atoms with Crippen molar-refractivity contribution in [2.75, 3.05) is 11.1 Å². The van der Waals surface area contributed by atoms with Gasteiger partial charge >= 0.3 is 0 Å². The van der Waals surface area contributed by atoms with Crippen molar-refractivity contribution in [3.8, 4) is 0 Å². The highest BCUT2D eigenvalue weighted by atomic mass is 16.5. The first-order valence-corrected chi connectivity index (χ1v) is 4.62. The monoisotopic (exact) mass is 204 g/mol. The van der Waals surface area contributed by atoms with Crippen LogP contribution in [0.4, 0.5) is 11.5 Å². The largest absolute Gasteiger partial charge is 0.396 e. The molecule has 2 aromatic rings. The van der Waals surface area contributed by atoms with Crippen LogP contribution in [0.15, 0.2) is 28.9 Å². The number of rotatable bonds is 3. The minimum atomic E-state index is 0.554. The van der Waals surface area contributed by atoms with Crippen molar-refractivity contribution in [3.05, 3.63) is 35.9 Å². The molecule has 5 nitrogen and oxygen atoms in total. The molecule has 2 heterocycles. The maximum atomic E-state index is 5.72. The van der Waals surface area contributed by atoms with Crippen LogP contribution in [-0.4, -0.2) is 10.1 Å². The molecule has 0 aliphatic carbocycles. The first-order valence-electron chi connectivity index (χ1n) is 4.62. The topological polar surface area (TPSA) is 77.0 Å². The zero-order chi connectivity index (χ0) is 10.7.